The number of nitrogens with one attached hydrogen (secondary N) is 2. The molecule has 1 aromatic carbocycles. The van der Waals surface area contributed by atoms with E-state index in [1.165, 1.54) is 11.1 Å². The van der Waals surface area contributed by atoms with E-state index < -0.39 is 0 Å². The Hall–Kier alpha value is -3.41. The van der Waals surface area contributed by atoms with Crippen molar-refractivity contribution in [2.75, 3.05) is 5.32 Å². The molecule has 0 unspecified atom stereocenters. The van der Waals surface area contributed by atoms with Crippen LogP contribution in [0.3, 0.4) is 0 Å². The molecule has 2 aliphatic rings. The number of pyridine rings is 1. The minimum absolute atomic E-state index is 0.0279. The van der Waals surface area contributed by atoms with Gasteiger partial charge < -0.3 is 15.4 Å². The maximum absolute atomic E-state index is 10.3. The lowest BCUT2D eigenvalue weighted by Crippen LogP contribution is -2.17. The Morgan fingerprint density at radius 2 is 2.11 bits per heavy atom. The van der Waals surface area contributed by atoms with Gasteiger partial charge in [0.25, 0.3) is 0 Å². The second kappa shape index (κ2) is 6.39. The molecule has 0 bridgehead atoms. The summed E-state index contributed by atoms with van der Waals surface area (Å²) in [6, 6.07) is 12.5. The third-order valence-electron chi connectivity index (χ3n) is 5.12. The predicted octanol–water partition coefficient (Wildman–Crippen LogP) is 4.26. The third kappa shape index (κ3) is 2.89. The van der Waals surface area contributed by atoms with Crippen LogP contribution in [0.5, 0.6) is 5.88 Å². The quantitative estimate of drug-likeness (QED) is 0.654. The summed E-state index contributed by atoms with van der Waals surface area (Å²) in [7, 11) is 0. The van der Waals surface area contributed by atoms with Gasteiger partial charge in [0.05, 0.1) is 6.04 Å². The first kappa shape index (κ1) is 15.8. The molecule has 3 heterocycles. The first-order valence-corrected chi connectivity index (χ1v) is 9.12. The van der Waals surface area contributed by atoms with Crippen molar-refractivity contribution in [1.82, 2.24) is 15.0 Å². The van der Waals surface area contributed by atoms with Crippen molar-refractivity contribution in [3.05, 3.63) is 65.0 Å². The fourth-order valence-electron chi connectivity index (χ4n) is 3.81. The van der Waals surface area contributed by atoms with Crippen LogP contribution in [-0.2, 0) is 6.42 Å². The highest BCUT2D eigenvalue weighted by atomic mass is 16.3. The van der Waals surface area contributed by atoms with Crippen LogP contribution in [0.2, 0.25) is 0 Å². The molecule has 6 heteroatoms. The minimum atomic E-state index is -0.0279. The Balaban J connectivity index is 1.42. The predicted molar refractivity (Wildman–Crippen MR) is 106 cm³/mol. The van der Waals surface area contributed by atoms with E-state index in [1.54, 1.807) is 12.4 Å². The highest BCUT2D eigenvalue weighted by Crippen LogP contribution is 2.34. The number of aliphatic imine (C=N–C) groups is 1. The van der Waals surface area contributed by atoms with E-state index in [-0.39, 0.29) is 11.9 Å². The number of H-pyrrole nitrogens is 1. The molecule has 0 radical (unpaired) electrons. The Morgan fingerprint density at radius 1 is 1.19 bits per heavy atom. The number of aromatic hydroxyl groups is 1. The van der Waals surface area contributed by atoms with Gasteiger partial charge in [-0.25, -0.2) is 9.98 Å². The highest BCUT2D eigenvalue weighted by Gasteiger charge is 2.21. The Morgan fingerprint density at radius 3 is 3.07 bits per heavy atom. The van der Waals surface area contributed by atoms with Gasteiger partial charge in [-0.1, -0.05) is 24.3 Å². The molecule has 3 N–H and O–H groups in total. The summed E-state index contributed by atoms with van der Waals surface area (Å²) in [4.78, 5) is 16.0. The number of hydrogen-bond acceptors (Lipinski definition) is 5. The number of fused-ring (bicyclic) bond motifs is 2. The molecule has 0 amide bonds. The van der Waals surface area contributed by atoms with Crippen molar-refractivity contribution in [2.45, 2.75) is 25.3 Å². The number of aromatic nitrogens is 3. The van der Waals surface area contributed by atoms with E-state index in [4.69, 9.17) is 0 Å². The molecule has 1 atom stereocenters. The zero-order chi connectivity index (χ0) is 18.2. The van der Waals surface area contributed by atoms with Crippen molar-refractivity contribution in [3.63, 3.8) is 0 Å². The molecule has 1 aliphatic carbocycles. The number of imidazole rings is 1. The van der Waals surface area contributed by atoms with Crippen LogP contribution < -0.4 is 5.32 Å². The summed E-state index contributed by atoms with van der Waals surface area (Å²) < 4.78 is 0. The average molecular weight is 357 g/mol. The molecule has 0 saturated heterocycles. The first-order chi connectivity index (χ1) is 13.3. The van der Waals surface area contributed by atoms with Crippen LogP contribution in [0.4, 0.5) is 11.8 Å². The van der Waals surface area contributed by atoms with Crippen LogP contribution in [0, 0.1) is 0 Å². The number of allylic oxidation sites excluding steroid dienone is 1. The van der Waals surface area contributed by atoms with Crippen molar-refractivity contribution in [2.24, 2.45) is 4.99 Å². The van der Waals surface area contributed by atoms with Gasteiger partial charge in [-0.3, -0.25) is 0 Å². The van der Waals surface area contributed by atoms with Crippen LogP contribution in [0.15, 0.2) is 47.6 Å². The van der Waals surface area contributed by atoms with Crippen molar-refractivity contribution >= 4 is 29.6 Å². The SMILES string of the molecule is Oc1nc(N[C@H]2CCCc3ccccc32)[nH]c1C=C1C=Nc2ncccc21. The summed E-state index contributed by atoms with van der Waals surface area (Å²) >= 11 is 0. The second-order valence-corrected chi connectivity index (χ2v) is 6.84. The monoisotopic (exact) mass is 357 g/mol. The lowest BCUT2D eigenvalue weighted by molar-refractivity contribution is 0.455. The van der Waals surface area contributed by atoms with Gasteiger partial charge in [0.2, 0.25) is 11.8 Å². The normalized spacial score (nSPS) is 19.1. The number of aromatic amines is 1. The van der Waals surface area contributed by atoms with E-state index in [2.05, 4.69) is 49.5 Å². The van der Waals surface area contributed by atoms with Crippen molar-refractivity contribution < 1.29 is 5.11 Å². The largest absolute Gasteiger partial charge is 0.492 e. The van der Waals surface area contributed by atoms with Gasteiger partial charge in [-0.05, 0) is 48.6 Å². The molecule has 0 spiro atoms. The molecule has 0 fully saturated rings. The van der Waals surface area contributed by atoms with Gasteiger partial charge in [0, 0.05) is 23.5 Å². The molecule has 27 heavy (non-hydrogen) atoms. The number of hydrogen-bond donors (Lipinski definition) is 3. The standard InChI is InChI=1S/C21H19N5O/c27-20-18(11-14-12-23-19-16(14)8-4-10-22-19)25-21(26-20)24-17-9-3-6-13-5-1-2-7-15(13)17/h1-2,4-5,7-8,10-12,17,27H,3,6,9H2,(H2,24,25,26)/t17-/m0/s1. The van der Waals surface area contributed by atoms with Crippen molar-refractivity contribution in [1.29, 1.82) is 0 Å². The molecule has 5 rings (SSSR count). The maximum Gasteiger partial charge on any atom is 0.238 e. The van der Waals surface area contributed by atoms with Gasteiger partial charge in [0.1, 0.15) is 5.69 Å². The molecule has 2 aromatic heterocycles. The van der Waals surface area contributed by atoms with Crippen LogP contribution in [0.25, 0.3) is 11.6 Å². The summed E-state index contributed by atoms with van der Waals surface area (Å²) in [5.74, 6) is 1.24. The van der Waals surface area contributed by atoms with Gasteiger partial charge in [-0.2, -0.15) is 4.98 Å². The molecule has 0 saturated carbocycles. The first-order valence-electron chi connectivity index (χ1n) is 9.12. The maximum atomic E-state index is 10.3. The number of anilines is 1. The molecular weight excluding hydrogens is 338 g/mol. The molecular formula is C21H19N5O. The van der Waals surface area contributed by atoms with Gasteiger partial charge in [-0.15, -0.1) is 0 Å². The number of rotatable bonds is 3. The second-order valence-electron chi connectivity index (χ2n) is 6.84. The van der Waals surface area contributed by atoms with E-state index in [1.807, 2.05) is 18.2 Å². The Labute approximate surface area is 156 Å². The number of nitrogens with zero attached hydrogens (tertiary/aromatic N) is 3. The fraction of sp³-hybridized carbons (Fsp3) is 0.190. The summed E-state index contributed by atoms with van der Waals surface area (Å²) in [6.07, 6.45) is 8.61. The summed E-state index contributed by atoms with van der Waals surface area (Å²) in [6.45, 7) is 0. The van der Waals surface area contributed by atoms with E-state index in [9.17, 15) is 5.11 Å². The topological polar surface area (TPSA) is 86.2 Å². The average Bonchev–Trinajstić information content (AvgIpc) is 3.26. The van der Waals surface area contributed by atoms with Crippen LogP contribution in [0.1, 0.15) is 41.3 Å². The Kier molecular flexibility index (Phi) is 3.74. The minimum Gasteiger partial charge on any atom is -0.492 e. The zero-order valence-corrected chi connectivity index (χ0v) is 14.7. The molecule has 1 aliphatic heterocycles. The van der Waals surface area contributed by atoms with Gasteiger partial charge >= 0.3 is 0 Å². The summed E-state index contributed by atoms with van der Waals surface area (Å²) in [5.41, 5.74) is 5.08. The lowest BCUT2D eigenvalue weighted by atomic mass is 9.88. The lowest BCUT2D eigenvalue weighted by Gasteiger charge is -2.26. The molecule has 134 valence electrons. The summed E-state index contributed by atoms with van der Waals surface area (Å²) in [5, 5.41) is 13.7. The fourth-order valence-corrected chi connectivity index (χ4v) is 3.81. The number of aryl methyl sites for hydroxylation is 1. The molecule has 6 nitrogen and oxygen atoms in total. The zero-order valence-electron chi connectivity index (χ0n) is 14.7. The van der Waals surface area contributed by atoms with Crippen LogP contribution >= 0.6 is 0 Å². The highest BCUT2D eigenvalue weighted by molar-refractivity contribution is 6.20. The van der Waals surface area contributed by atoms with Crippen LogP contribution in [-0.4, -0.2) is 26.3 Å². The molecule has 3 aromatic rings. The smallest absolute Gasteiger partial charge is 0.238 e. The third-order valence-corrected chi connectivity index (χ3v) is 5.12. The Bertz CT molecular complexity index is 1070. The number of benzene rings is 1. The van der Waals surface area contributed by atoms with Gasteiger partial charge in [0.15, 0.2) is 5.82 Å². The van der Waals surface area contributed by atoms with E-state index >= 15 is 0 Å². The van der Waals surface area contributed by atoms with E-state index in [0.717, 1.165) is 30.4 Å². The van der Waals surface area contributed by atoms with E-state index in [0.29, 0.717) is 17.5 Å². The van der Waals surface area contributed by atoms with Crippen molar-refractivity contribution in [3.8, 4) is 5.88 Å².